The number of benzene rings is 1. The highest BCUT2D eigenvalue weighted by molar-refractivity contribution is 14.1. The molecule has 0 unspecified atom stereocenters. The van der Waals surface area contributed by atoms with Crippen molar-refractivity contribution in [2.75, 3.05) is 7.11 Å². The Bertz CT molecular complexity index is 525. The summed E-state index contributed by atoms with van der Waals surface area (Å²) in [5.74, 6) is 0.869. The van der Waals surface area contributed by atoms with Crippen molar-refractivity contribution in [1.29, 1.82) is 0 Å². The molecule has 0 spiro atoms. The summed E-state index contributed by atoms with van der Waals surface area (Å²) < 4.78 is 6.25. The van der Waals surface area contributed by atoms with Crippen molar-refractivity contribution < 1.29 is 4.74 Å². The minimum atomic E-state index is 0.564. The molecule has 0 saturated heterocycles. The maximum absolute atomic E-state index is 6.08. The van der Waals surface area contributed by atoms with Gasteiger partial charge >= 0.3 is 0 Å². The molecule has 0 aliphatic carbocycles. The molecule has 2 rings (SSSR count). The maximum atomic E-state index is 6.08. The van der Waals surface area contributed by atoms with E-state index in [9.17, 15) is 0 Å². The summed E-state index contributed by atoms with van der Waals surface area (Å²) in [7, 11) is 1.67. The summed E-state index contributed by atoms with van der Waals surface area (Å²) in [6.45, 7) is 1.49. The molecule has 100 valence electrons. The highest BCUT2D eigenvalue weighted by Crippen LogP contribution is 2.19. The third-order valence-corrected chi connectivity index (χ3v) is 4.07. The Morgan fingerprint density at radius 2 is 1.95 bits per heavy atom. The number of hydrogen-bond acceptors (Lipinski definition) is 3. The van der Waals surface area contributed by atoms with Crippen LogP contribution in [0.25, 0.3) is 0 Å². The Kier molecular flexibility index (Phi) is 5.42. The second kappa shape index (κ2) is 7.07. The molecule has 5 heteroatoms. The number of pyridine rings is 1. The second-order valence-electron chi connectivity index (χ2n) is 4.01. The molecule has 0 atom stereocenters. The largest absolute Gasteiger partial charge is 0.497 e. The Balaban J connectivity index is 1.92. The fraction of sp³-hybridized carbons (Fsp3) is 0.214. The normalized spacial score (nSPS) is 10.5. The van der Waals surface area contributed by atoms with Gasteiger partial charge in [0, 0.05) is 28.4 Å². The molecule has 0 aliphatic heterocycles. The van der Waals surface area contributed by atoms with Gasteiger partial charge in [0.15, 0.2) is 0 Å². The average Bonchev–Trinajstić information content (AvgIpc) is 2.43. The van der Waals surface area contributed by atoms with Crippen LogP contribution in [0.4, 0.5) is 0 Å². The van der Waals surface area contributed by atoms with E-state index in [4.69, 9.17) is 16.3 Å². The van der Waals surface area contributed by atoms with Gasteiger partial charge in [-0.1, -0.05) is 23.7 Å². The van der Waals surface area contributed by atoms with Crippen LogP contribution in [0.3, 0.4) is 0 Å². The molecule has 1 N–H and O–H groups in total. The fourth-order valence-corrected chi connectivity index (χ4v) is 2.67. The van der Waals surface area contributed by atoms with E-state index in [0.29, 0.717) is 11.7 Å². The maximum Gasteiger partial charge on any atom is 0.134 e. The SMILES string of the molecule is COc1ccc(CNCc2c(I)ccnc2Cl)cc1. The zero-order chi connectivity index (χ0) is 13.7. The Morgan fingerprint density at radius 3 is 2.58 bits per heavy atom. The Labute approximate surface area is 131 Å². The number of halogens is 2. The summed E-state index contributed by atoms with van der Waals surface area (Å²) >= 11 is 8.35. The van der Waals surface area contributed by atoms with Gasteiger partial charge in [-0.05, 0) is 46.4 Å². The average molecular weight is 389 g/mol. The third kappa shape index (κ3) is 4.06. The fourth-order valence-electron chi connectivity index (χ4n) is 1.68. The first-order chi connectivity index (χ1) is 9.20. The van der Waals surface area contributed by atoms with Crippen LogP contribution in [-0.2, 0) is 13.1 Å². The van der Waals surface area contributed by atoms with Crippen molar-refractivity contribution in [3.05, 3.63) is 56.4 Å². The minimum Gasteiger partial charge on any atom is -0.497 e. The highest BCUT2D eigenvalue weighted by atomic mass is 127. The first-order valence-electron chi connectivity index (χ1n) is 5.83. The zero-order valence-electron chi connectivity index (χ0n) is 10.5. The molecule has 2 aromatic rings. The molecule has 0 fully saturated rings. The van der Waals surface area contributed by atoms with Crippen molar-refractivity contribution in [3.63, 3.8) is 0 Å². The van der Waals surface area contributed by atoms with Crippen molar-refractivity contribution in [2.24, 2.45) is 0 Å². The van der Waals surface area contributed by atoms with Crippen LogP contribution in [0.5, 0.6) is 5.75 Å². The molecule has 3 nitrogen and oxygen atoms in total. The van der Waals surface area contributed by atoms with Crippen LogP contribution in [0.2, 0.25) is 5.15 Å². The monoisotopic (exact) mass is 388 g/mol. The Morgan fingerprint density at radius 1 is 1.21 bits per heavy atom. The summed E-state index contributed by atoms with van der Waals surface area (Å²) in [4.78, 5) is 4.09. The van der Waals surface area contributed by atoms with E-state index in [1.807, 2.05) is 30.3 Å². The van der Waals surface area contributed by atoms with Gasteiger partial charge in [-0.3, -0.25) is 0 Å². The zero-order valence-corrected chi connectivity index (χ0v) is 13.4. The third-order valence-electron chi connectivity index (χ3n) is 2.74. The Hall–Kier alpha value is -0.850. The van der Waals surface area contributed by atoms with Gasteiger partial charge in [0.1, 0.15) is 10.9 Å². The van der Waals surface area contributed by atoms with Crippen LogP contribution in [0, 0.1) is 3.57 Å². The second-order valence-corrected chi connectivity index (χ2v) is 5.53. The lowest BCUT2D eigenvalue weighted by atomic mass is 10.2. The first-order valence-corrected chi connectivity index (χ1v) is 7.29. The molecule has 0 saturated carbocycles. The van der Waals surface area contributed by atoms with Gasteiger partial charge in [-0.25, -0.2) is 4.98 Å². The lowest BCUT2D eigenvalue weighted by Crippen LogP contribution is -2.14. The van der Waals surface area contributed by atoms with Gasteiger partial charge in [0.2, 0.25) is 0 Å². The van der Waals surface area contributed by atoms with Crippen LogP contribution in [-0.4, -0.2) is 12.1 Å². The molecule has 1 aromatic heterocycles. The number of aromatic nitrogens is 1. The molecule has 1 heterocycles. The van der Waals surface area contributed by atoms with E-state index in [-0.39, 0.29) is 0 Å². The summed E-state index contributed by atoms with van der Waals surface area (Å²) in [5, 5.41) is 3.93. The van der Waals surface area contributed by atoms with E-state index in [2.05, 4.69) is 32.9 Å². The van der Waals surface area contributed by atoms with Crippen LogP contribution in [0.15, 0.2) is 36.5 Å². The van der Waals surface area contributed by atoms with Crippen molar-refractivity contribution in [2.45, 2.75) is 13.1 Å². The van der Waals surface area contributed by atoms with Crippen LogP contribution >= 0.6 is 34.2 Å². The minimum absolute atomic E-state index is 0.564. The molecule has 0 bridgehead atoms. The van der Waals surface area contributed by atoms with Crippen LogP contribution in [0.1, 0.15) is 11.1 Å². The van der Waals surface area contributed by atoms with Crippen molar-refractivity contribution in [1.82, 2.24) is 10.3 Å². The molecular formula is C14H14ClIN2O. The van der Waals surface area contributed by atoms with Gasteiger partial charge in [0.05, 0.1) is 7.11 Å². The van der Waals surface area contributed by atoms with E-state index >= 15 is 0 Å². The number of nitrogens with one attached hydrogen (secondary N) is 1. The van der Waals surface area contributed by atoms with E-state index in [1.165, 1.54) is 5.56 Å². The van der Waals surface area contributed by atoms with Gasteiger partial charge in [0.25, 0.3) is 0 Å². The molecule has 19 heavy (non-hydrogen) atoms. The number of rotatable bonds is 5. The topological polar surface area (TPSA) is 34.1 Å². The summed E-state index contributed by atoms with van der Waals surface area (Å²) in [6.07, 6.45) is 1.72. The molecular weight excluding hydrogens is 375 g/mol. The quantitative estimate of drug-likeness (QED) is 0.627. The van der Waals surface area contributed by atoms with Gasteiger partial charge < -0.3 is 10.1 Å². The number of ether oxygens (including phenoxy) is 1. The predicted octanol–water partition coefficient (Wildman–Crippen LogP) is 3.64. The van der Waals surface area contributed by atoms with Crippen LogP contribution < -0.4 is 10.1 Å². The van der Waals surface area contributed by atoms with Gasteiger partial charge in [-0.2, -0.15) is 0 Å². The molecule has 1 aromatic carbocycles. The number of nitrogens with zero attached hydrogens (tertiary/aromatic N) is 1. The van der Waals surface area contributed by atoms with E-state index < -0.39 is 0 Å². The first kappa shape index (κ1) is 14.6. The molecule has 0 amide bonds. The summed E-state index contributed by atoms with van der Waals surface area (Å²) in [6, 6.07) is 9.95. The molecule has 0 aliphatic rings. The standard InChI is InChI=1S/C14H14ClIN2O/c1-19-11-4-2-10(3-5-11)8-17-9-12-13(16)6-7-18-14(12)15/h2-7,17H,8-9H2,1H3. The predicted molar refractivity (Wildman–Crippen MR) is 85.5 cm³/mol. The van der Waals surface area contributed by atoms with Crippen molar-refractivity contribution >= 4 is 34.2 Å². The number of hydrogen-bond donors (Lipinski definition) is 1. The molecule has 0 radical (unpaired) electrons. The number of methoxy groups -OCH3 is 1. The van der Waals surface area contributed by atoms with E-state index in [0.717, 1.165) is 21.4 Å². The lowest BCUT2D eigenvalue weighted by molar-refractivity contribution is 0.414. The highest BCUT2D eigenvalue weighted by Gasteiger charge is 2.05. The van der Waals surface area contributed by atoms with Crippen molar-refractivity contribution in [3.8, 4) is 5.75 Å². The summed E-state index contributed by atoms with van der Waals surface area (Å²) in [5.41, 5.74) is 2.24. The van der Waals surface area contributed by atoms with E-state index in [1.54, 1.807) is 13.3 Å². The smallest absolute Gasteiger partial charge is 0.134 e. The van der Waals surface area contributed by atoms with Gasteiger partial charge in [-0.15, -0.1) is 0 Å². The lowest BCUT2D eigenvalue weighted by Gasteiger charge is -2.08.